The maximum atomic E-state index is 10.7. The van der Waals surface area contributed by atoms with Crippen molar-refractivity contribution in [1.29, 1.82) is 0 Å². The number of carboxylic acid groups (broad SMARTS) is 1. The predicted octanol–water partition coefficient (Wildman–Crippen LogP) is 0.735. The summed E-state index contributed by atoms with van der Waals surface area (Å²) in [7, 11) is 0. The SMILES string of the molecule is Cc1[nH]c(CC(N)C(=O)O)nc1-c1ccncc1. The average Bonchev–Trinajstić information content (AvgIpc) is 2.71. The number of aliphatic carboxylic acids is 1. The molecule has 6 nitrogen and oxygen atoms in total. The standard InChI is InChI=1S/C12H14N4O2/c1-7-11(8-2-4-14-5-3-8)16-10(15-7)6-9(13)12(17)18/h2-5,9H,6,13H2,1H3,(H,15,16)(H,17,18). The van der Waals surface area contributed by atoms with Crippen LogP contribution in [0, 0.1) is 6.92 Å². The van der Waals surface area contributed by atoms with Crippen LogP contribution in [-0.4, -0.2) is 32.1 Å². The van der Waals surface area contributed by atoms with Gasteiger partial charge in [-0.05, 0) is 19.1 Å². The maximum absolute atomic E-state index is 10.7. The number of aromatic nitrogens is 3. The molecule has 2 heterocycles. The second-order valence-electron chi connectivity index (χ2n) is 4.04. The number of nitrogens with two attached hydrogens (primary N) is 1. The molecule has 0 radical (unpaired) electrons. The van der Waals surface area contributed by atoms with Crippen LogP contribution >= 0.6 is 0 Å². The van der Waals surface area contributed by atoms with Crippen molar-refractivity contribution in [3.63, 3.8) is 0 Å². The topological polar surface area (TPSA) is 105 Å². The first-order valence-corrected chi connectivity index (χ1v) is 5.52. The van der Waals surface area contributed by atoms with Gasteiger partial charge in [-0.1, -0.05) is 0 Å². The van der Waals surface area contributed by atoms with Crippen LogP contribution < -0.4 is 5.73 Å². The van der Waals surface area contributed by atoms with E-state index >= 15 is 0 Å². The van der Waals surface area contributed by atoms with Gasteiger partial charge in [0.15, 0.2) is 0 Å². The summed E-state index contributed by atoms with van der Waals surface area (Å²) < 4.78 is 0. The molecule has 18 heavy (non-hydrogen) atoms. The second-order valence-corrected chi connectivity index (χ2v) is 4.04. The van der Waals surface area contributed by atoms with E-state index in [1.807, 2.05) is 19.1 Å². The Morgan fingerprint density at radius 1 is 1.50 bits per heavy atom. The zero-order valence-corrected chi connectivity index (χ0v) is 9.92. The van der Waals surface area contributed by atoms with Crippen molar-refractivity contribution in [1.82, 2.24) is 15.0 Å². The van der Waals surface area contributed by atoms with E-state index in [1.165, 1.54) is 0 Å². The molecule has 1 atom stereocenters. The number of hydrogen-bond acceptors (Lipinski definition) is 4. The third-order valence-electron chi connectivity index (χ3n) is 2.62. The summed E-state index contributed by atoms with van der Waals surface area (Å²) in [6.07, 6.45) is 3.56. The van der Waals surface area contributed by atoms with Gasteiger partial charge in [0.2, 0.25) is 0 Å². The van der Waals surface area contributed by atoms with Gasteiger partial charge in [0.05, 0.1) is 5.69 Å². The van der Waals surface area contributed by atoms with E-state index in [2.05, 4.69) is 15.0 Å². The van der Waals surface area contributed by atoms with Crippen LogP contribution in [0.2, 0.25) is 0 Å². The molecule has 0 bridgehead atoms. The highest BCUT2D eigenvalue weighted by molar-refractivity contribution is 5.73. The average molecular weight is 246 g/mol. The molecule has 94 valence electrons. The van der Waals surface area contributed by atoms with Gasteiger partial charge in [0, 0.05) is 30.1 Å². The molecule has 0 amide bonds. The summed E-state index contributed by atoms with van der Waals surface area (Å²) >= 11 is 0. The minimum Gasteiger partial charge on any atom is -0.480 e. The Morgan fingerprint density at radius 2 is 2.17 bits per heavy atom. The van der Waals surface area contributed by atoms with E-state index in [-0.39, 0.29) is 6.42 Å². The van der Waals surface area contributed by atoms with Crippen LogP contribution in [0.4, 0.5) is 0 Å². The monoisotopic (exact) mass is 246 g/mol. The molecule has 0 aliphatic heterocycles. The molecular weight excluding hydrogens is 232 g/mol. The number of hydrogen-bond donors (Lipinski definition) is 3. The van der Waals surface area contributed by atoms with Gasteiger partial charge in [-0.3, -0.25) is 9.78 Å². The minimum atomic E-state index is -1.03. The Morgan fingerprint density at radius 3 is 2.78 bits per heavy atom. The largest absolute Gasteiger partial charge is 0.480 e. The zero-order chi connectivity index (χ0) is 13.1. The lowest BCUT2D eigenvalue weighted by atomic mass is 10.2. The number of pyridine rings is 1. The van der Waals surface area contributed by atoms with Crippen molar-refractivity contribution in [3.8, 4) is 11.3 Å². The lowest BCUT2D eigenvalue weighted by molar-refractivity contribution is -0.138. The Hall–Kier alpha value is -2.21. The molecule has 0 aliphatic carbocycles. The van der Waals surface area contributed by atoms with E-state index < -0.39 is 12.0 Å². The molecule has 6 heteroatoms. The molecule has 2 aromatic heterocycles. The van der Waals surface area contributed by atoms with Gasteiger partial charge in [-0.25, -0.2) is 4.98 Å². The Labute approximate surface area is 104 Å². The second kappa shape index (κ2) is 4.97. The molecule has 0 aliphatic rings. The first-order chi connectivity index (χ1) is 8.58. The van der Waals surface area contributed by atoms with Crippen molar-refractivity contribution in [2.45, 2.75) is 19.4 Å². The smallest absolute Gasteiger partial charge is 0.320 e. The van der Waals surface area contributed by atoms with Crippen molar-refractivity contribution in [2.75, 3.05) is 0 Å². The normalized spacial score (nSPS) is 12.3. The molecule has 2 aromatic rings. The van der Waals surface area contributed by atoms with Gasteiger partial charge in [0.1, 0.15) is 11.9 Å². The van der Waals surface area contributed by atoms with Crippen LogP contribution in [0.25, 0.3) is 11.3 Å². The van der Waals surface area contributed by atoms with E-state index in [0.29, 0.717) is 5.82 Å². The summed E-state index contributed by atoms with van der Waals surface area (Å²) in [4.78, 5) is 22.1. The van der Waals surface area contributed by atoms with Gasteiger partial charge in [0.25, 0.3) is 0 Å². The van der Waals surface area contributed by atoms with Crippen LogP contribution in [0.5, 0.6) is 0 Å². The predicted molar refractivity (Wildman–Crippen MR) is 65.9 cm³/mol. The Balaban J connectivity index is 2.25. The van der Waals surface area contributed by atoms with E-state index in [9.17, 15) is 4.79 Å². The summed E-state index contributed by atoms with van der Waals surface area (Å²) in [6.45, 7) is 1.89. The fourth-order valence-electron chi connectivity index (χ4n) is 1.71. The number of carboxylic acids is 1. The molecule has 0 saturated heterocycles. The fourth-order valence-corrected chi connectivity index (χ4v) is 1.71. The number of nitrogens with one attached hydrogen (secondary N) is 1. The molecule has 2 rings (SSSR count). The molecule has 1 unspecified atom stereocenters. The molecule has 0 fully saturated rings. The summed E-state index contributed by atoms with van der Waals surface area (Å²) in [5.41, 5.74) is 8.10. The van der Waals surface area contributed by atoms with Crippen LogP contribution in [0.1, 0.15) is 11.5 Å². The van der Waals surface area contributed by atoms with Gasteiger partial charge in [-0.15, -0.1) is 0 Å². The van der Waals surface area contributed by atoms with E-state index in [0.717, 1.165) is 17.0 Å². The summed E-state index contributed by atoms with van der Waals surface area (Å²) in [5, 5.41) is 8.76. The molecule has 0 saturated carbocycles. The number of carbonyl (C=O) groups is 1. The number of H-pyrrole nitrogens is 1. The lowest BCUT2D eigenvalue weighted by Gasteiger charge is -2.02. The highest BCUT2D eigenvalue weighted by Crippen LogP contribution is 2.20. The van der Waals surface area contributed by atoms with Crippen LogP contribution in [0.3, 0.4) is 0 Å². The summed E-state index contributed by atoms with van der Waals surface area (Å²) in [5.74, 6) is -0.455. The minimum absolute atomic E-state index is 0.182. The van der Waals surface area contributed by atoms with E-state index in [4.69, 9.17) is 10.8 Å². The molecule has 0 spiro atoms. The van der Waals surface area contributed by atoms with Gasteiger partial charge >= 0.3 is 5.97 Å². The number of imidazole rings is 1. The number of aryl methyl sites for hydroxylation is 1. The number of nitrogens with zero attached hydrogens (tertiary/aromatic N) is 2. The molecule has 0 aromatic carbocycles. The molecule has 4 N–H and O–H groups in total. The van der Waals surface area contributed by atoms with Gasteiger partial charge < -0.3 is 15.8 Å². The van der Waals surface area contributed by atoms with Crippen LogP contribution in [-0.2, 0) is 11.2 Å². The first kappa shape index (κ1) is 12.3. The third-order valence-corrected chi connectivity index (χ3v) is 2.62. The van der Waals surface area contributed by atoms with Crippen molar-refractivity contribution in [2.24, 2.45) is 5.73 Å². The highest BCUT2D eigenvalue weighted by atomic mass is 16.4. The van der Waals surface area contributed by atoms with Crippen molar-refractivity contribution < 1.29 is 9.90 Å². The van der Waals surface area contributed by atoms with Crippen molar-refractivity contribution >= 4 is 5.97 Å². The fraction of sp³-hybridized carbons (Fsp3) is 0.250. The zero-order valence-electron chi connectivity index (χ0n) is 9.92. The maximum Gasteiger partial charge on any atom is 0.320 e. The summed E-state index contributed by atoms with van der Waals surface area (Å²) in [6, 6.07) is 2.76. The third kappa shape index (κ3) is 2.54. The number of rotatable bonds is 4. The first-order valence-electron chi connectivity index (χ1n) is 5.52. The highest BCUT2D eigenvalue weighted by Gasteiger charge is 2.16. The van der Waals surface area contributed by atoms with E-state index in [1.54, 1.807) is 12.4 Å². The van der Waals surface area contributed by atoms with Crippen molar-refractivity contribution in [3.05, 3.63) is 36.0 Å². The quantitative estimate of drug-likeness (QED) is 0.737. The Bertz CT molecular complexity index is 550. The number of aromatic amines is 1. The lowest BCUT2D eigenvalue weighted by Crippen LogP contribution is -2.32. The van der Waals surface area contributed by atoms with Gasteiger partial charge in [-0.2, -0.15) is 0 Å². The molecular formula is C12H14N4O2. The van der Waals surface area contributed by atoms with Crippen LogP contribution in [0.15, 0.2) is 24.5 Å². The Kier molecular flexibility index (Phi) is 3.38.